The van der Waals surface area contributed by atoms with Gasteiger partial charge in [-0.3, -0.25) is 0 Å². The standard InChI is InChI=1S/C15H15BrO2S/c1-11(17)2-3-12-4-6-13(7-5-12)18-10-15-14(16)8-9-19-15/h4-9H,2-3,10H2,1H3. The third kappa shape index (κ3) is 4.48. The molecule has 2 rings (SSSR count). The zero-order valence-corrected chi connectivity index (χ0v) is 13.1. The second-order valence-electron chi connectivity index (χ2n) is 4.33. The van der Waals surface area contributed by atoms with Gasteiger partial charge in [0.05, 0.1) is 4.88 Å². The average Bonchev–Trinajstić information content (AvgIpc) is 2.81. The van der Waals surface area contributed by atoms with E-state index in [1.165, 1.54) is 10.4 Å². The maximum atomic E-state index is 10.9. The summed E-state index contributed by atoms with van der Waals surface area (Å²) in [6.07, 6.45) is 1.40. The van der Waals surface area contributed by atoms with Gasteiger partial charge in [0.2, 0.25) is 0 Å². The molecule has 0 saturated heterocycles. The summed E-state index contributed by atoms with van der Waals surface area (Å²) in [6, 6.07) is 9.96. The Balaban J connectivity index is 1.88. The van der Waals surface area contributed by atoms with Crippen molar-refractivity contribution < 1.29 is 9.53 Å². The van der Waals surface area contributed by atoms with Crippen molar-refractivity contribution in [3.8, 4) is 5.75 Å². The highest BCUT2D eigenvalue weighted by Crippen LogP contribution is 2.24. The molecule has 0 amide bonds. The van der Waals surface area contributed by atoms with Gasteiger partial charge in [-0.1, -0.05) is 12.1 Å². The number of hydrogen-bond acceptors (Lipinski definition) is 3. The van der Waals surface area contributed by atoms with E-state index in [-0.39, 0.29) is 5.78 Å². The highest BCUT2D eigenvalue weighted by Gasteiger charge is 2.03. The lowest BCUT2D eigenvalue weighted by Crippen LogP contribution is -1.96. The number of benzene rings is 1. The van der Waals surface area contributed by atoms with Crippen molar-refractivity contribution in [2.75, 3.05) is 0 Å². The van der Waals surface area contributed by atoms with Crippen LogP contribution in [-0.4, -0.2) is 5.78 Å². The Morgan fingerprint density at radius 1 is 1.26 bits per heavy atom. The number of ketones is 1. The highest BCUT2D eigenvalue weighted by atomic mass is 79.9. The van der Waals surface area contributed by atoms with E-state index < -0.39 is 0 Å². The third-order valence-corrected chi connectivity index (χ3v) is 4.65. The van der Waals surface area contributed by atoms with E-state index >= 15 is 0 Å². The maximum absolute atomic E-state index is 10.9. The molecule has 0 unspecified atom stereocenters. The molecule has 0 fully saturated rings. The summed E-state index contributed by atoms with van der Waals surface area (Å²) in [5.41, 5.74) is 1.17. The van der Waals surface area contributed by atoms with Crippen LogP contribution in [0.5, 0.6) is 5.75 Å². The Labute approximate surface area is 125 Å². The van der Waals surface area contributed by atoms with Gasteiger partial charge in [-0.15, -0.1) is 11.3 Å². The maximum Gasteiger partial charge on any atom is 0.130 e. The number of aryl methyl sites for hydroxylation is 1. The Bertz CT molecular complexity index is 546. The van der Waals surface area contributed by atoms with E-state index in [0.717, 1.165) is 16.6 Å². The molecule has 0 N–H and O–H groups in total. The molecule has 0 saturated carbocycles. The van der Waals surface area contributed by atoms with Crippen molar-refractivity contribution >= 4 is 33.0 Å². The van der Waals surface area contributed by atoms with Crippen LogP contribution in [0.3, 0.4) is 0 Å². The van der Waals surface area contributed by atoms with Crippen molar-refractivity contribution in [3.05, 3.63) is 50.6 Å². The molecule has 2 aromatic rings. The summed E-state index contributed by atoms with van der Waals surface area (Å²) >= 11 is 5.16. The molecule has 0 spiro atoms. The van der Waals surface area contributed by atoms with Crippen LogP contribution in [0.1, 0.15) is 23.8 Å². The van der Waals surface area contributed by atoms with Crippen LogP contribution in [0.2, 0.25) is 0 Å². The minimum Gasteiger partial charge on any atom is -0.488 e. The van der Waals surface area contributed by atoms with Gasteiger partial charge in [0.25, 0.3) is 0 Å². The lowest BCUT2D eigenvalue weighted by Gasteiger charge is -2.06. The summed E-state index contributed by atoms with van der Waals surface area (Å²) in [5.74, 6) is 1.08. The number of halogens is 1. The molecule has 19 heavy (non-hydrogen) atoms. The summed E-state index contributed by atoms with van der Waals surface area (Å²) in [6.45, 7) is 2.20. The normalized spacial score (nSPS) is 10.4. The molecular weight excluding hydrogens is 324 g/mol. The quantitative estimate of drug-likeness (QED) is 0.768. The molecule has 0 atom stereocenters. The van der Waals surface area contributed by atoms with Gasteiger partial charge in [-0.05, 0) is 58.4 Å². The Hall–Kier alpha value is -1.13. The van der Waals surface area contributed by atoms with Crippen molar-refractivity contribution in [3.63, 3.8) is 0 Å². The number of carbonyl (C=O) groups is 1. The summed E-state index contributed by atoms with van der Waals surface area (Å²) in [5, 5.41) is 2.04. The van der Waals surface area contributed by atoms with Gasteiger partial charge in [0.15, 0.2) is 0 Å². The van der Waals surface area contributed by atoms with Crippen LogP contribution in [0.15, 0.2) is 40.2 Å². The molecule has 100 valence electrons. The van der Waals surface area contributed by atoms with Gasteiger partial charge in [0.1, 0.15) is 18.1 Å². The molecule has 0 aliphatic carbocycles. The van der Waals surface area contributed by atoms with Crippen molar-refractivity contribution in [1.29, 1.82) is 0 Å². The fourth-order valence-electron chi connectivity index (χ4n) is 1.65. The van der Waals surface area contributed by atoms with E-state index in [1.54, 1.807) is 18.3 Å². The van der Waals surface area contributed by atoms with Crippen LogP contribution in [-0.2, 0) is 17.8 Å². The van der Waals surface area contributed by atoms with Crippen LogP contribution < -0.4 is 4.74 Å². The summed E-state index contributed by atoms with van der Waals surface area (Å²) in [7, 11) is 0. The first kappa shape index (κ1) is 14.3. The second-order valence-corrected chi connectivity index (χ2v) is 6.18. The monoisotopic (exact) mass is 338 g/mol. The lowest BCUT2D eigenvalue weighted by molar-refractivity contribution is -0.116. The topological polar surface area (TPSA) is 26.3 Å². The molecule has 0 radical (unpaired) electrons. The molecule has 1 aromatic heterocycles. The Morgan fingerprint density at radius 3 is 2.58 bits per heavy atom. The SMILES string of the molecule is CC(=O)CCc1ccc(OCc2sccc2Br)cc1. The van der Waals surface area contributed by atoms with Crippen molar-refractivity contribution in [2.45, 2.75) is 26.4 Å². The number of thiophene rings is 1. The first-order valence-corrected chi connectivity index (χ1v) is 7.75. The molecule has 0 bridgehead atoms. The predicted molar refractivity (Wildman–Crippen MR) is 81.8 cm³/mol. The fraction of sp³-hybridized carbons (Fsp3) is 0.267. The van der Waals surface area contributed by atoms with Gasteiger partial charge >= 0.3 is 0 Å². The number of Topliss-reactive ketones (excluding diaryl/α,β-unsaturated/α-hetero) is 1. The highest BCUT2D eigenvalue weighted by molar-refractivity contribution is 9.10. The lowest BCUT2D eigenvalue weighted by atomic mass is 10.1. The Kier molecular flexibility index (Phi) is 5.16. The molecular formula is C15H15BrO2S. The molecule has 4 heteroatoms. The van der Waals surface area contributed by atoms with E-state index in [0.29, 0.717) is 13.0 Å². The van der Waals surface area contributed by atoms with E-state index in [9.17, 15) is 4.79 Å². The molecule has 2 nitrogen and oxygen atoms in total. The largest absolute Gasteiger partial charge is 0.488 e. The van der Waals surface area contributed by atoms with Crippen LogP contribution in [0.25, 0.3) is 0 Å². The number of carbonyl (C=O) groups excluding carboxylic acids is 1. The average molecular weight is 339 g/mol. The predicted octanol–water partition coefficient (Wildman–Crippen LogP) is 4.61. The van der Waals surface area contributed by atoms with Crippen LogP contribution in [0.4, 0.5) is 0 Å². The molecule has 1 aromatic carbocycles. The number of ether oxygens (including phenoxy) is 1. The smallest absolute Gasteiger partial charge is 0.130 e. The minimum absolute atomic E-state index is 0.225. The van der Waals surface area contributed by atoms with E-state index in [2.05, 4.69) is 15.9 Å². The number of rotatable bonds is 6. The zero-order valence-electron chi connectivity index (χ0n) is 10.7. The Morgan fingerprint density at radius 2 is 2.00 bits per heavy atom. The number of hydrogen-bond donors (Lipinski definition) is 0. The van der Waals surface area contributed by atoms with E-state index in [4.69, 9.17) is 4.74 Å². The fourth-order valence-corrected chi connectivity index (χ4v) is 3.03. The molecule has 1 heterocycles. The minimum atomic E-state index is 0.225. The van der Waals surface area contributed by atoms with Crippen LogP contribution >= 0.6 is 27.3 Å². The van der Waals surface area contributed by atoms with Crippen molar-refractivity contribution in [2.24, 2.45) is 0 Å². The molecule has 0 aliphatic heterocycles. The first-order valence-electron chi connectivity index (χ1n) is 6.08. The first-order chi connectivity index (χ1) is 9.15. The van der Waals surface area contributed by atoms with Gasteiger partial charge in [-0.25, -0.2) is 0 Å². The van der Waals surface area contributed by atoms with Crippen molar-refractivity contribution in [1.82, 2.24) is 0 Å². The second kappa shape index (κ2) is 6.87. The van der Waals surface area contributed by atoms with Gasteiger partial charge in [-0.2, -0.15) is 0 Å². The zero-order chi connectivity index (χ0) is 13.7. The van der Waals surface area contributed by atoms with E-state index in [1.807, 2.05) is 35.7 Å². The molecule has 0 aliphatic rings. The summed E-state index contributed by atoms with van der Waals surface area (Å²) < 4.78 is 6.82. The summed E-state index contributed by atoms with van der Waals surface area (Å²) in [4.78, 5) is 12.1. The van der Waals surface area contributed by atoms with Gasteiger partial charge < -0.3 is 9.53 Å². The van der Waals surface area contributed by atoms with Gasteiger partial charge in [0, 0.05) is 10.9 Å². The van der Waals surface area contributed by atoms with Crippen LogP contribution in [0, 0.1) is 0 Å². The third-order valence-electron chi connectivity index (χ3n) is 2.75.